The Morgan fingerprint density at radius 2 is 0.719 bits per heavy atom. The first-order valence-electron chi connectivity index (χ1n) is 35.2. The minimum absolute atomic E-state index is 0. The molecule has 4 atom stereocenters. The molecular weight excluding hydrogens is 1230 g/mol. The van der Waals surface area contributed by atoms with E-state index in [-0.39, 0.29) is 25.7 Å². The quantitative estimate of drug-likeness (QED) is 0.0132. The first-order valence-corrected chi connectivity index (χ1v) is 35.2. The van der Waals surface area contributed by atoms with Gasteiger partial charge in [-0.1, -0.05) is 129 Å². The Labute approximate surface area is 576 Å². The van der Waals surface area contributed by atoms with E-state index in [1.807, 2.05) is 36.4 Å². The van der Waals surface area contributed by atoms with E-state index in [1.54, 1.807) is 52.0 Å². The summed E-state index contributed by atoms with van der Waals surface area (Å²) in [6.07, 6.45) is 16.2. The van der Waals surface area contributed by atoms with Gasteiger partial charge in [0.15, 0.2) is 0 Å². The summed E-state index contributed by atoms with van der Waals surface area (Å²) in [5.74, 6) is -1.61. The maximum Gasteiger partial charge on any atom is 0.410 e. The fraction of sp³-hybridized carbons (Fsp3) is 0.722. The molecule has 1 aliphatic carbocycles. The number of rotatable bonds is 44. The van der Waals surface area contributed by atoms with E-state index in [4.69, 9.17) is 37.9 Å². The van der Waals surface area contributed by atoms with Gasteiger partial charge in [-0.2, -0.15) is 0 Å². The van der Waals surface area contributed by atoms with Gasteiger partial charge in [0.2, 0.25) is 25.2 Å². The molecule has 0 aromatic heterocycles. The van der Waals surface area contributed by atoms with Crippen LogP contribution >= 0.6 is 0 Å². The Morgan fingerprint density at radius 3 is 1.07 bits per heavy atom. The fourth-order valence-electron chi connectivity index (χ4n) is 8.75. The number of amides is 4. The summed E-state index contributed by atoms with van der Waals surface area (Å²) in [4.78, 5) is 93.6. The van der Waals surface area contributed by atoms with Crippen molar-refractivity contribution in [2.24, 2.45) is 11.3 Å². The SMILES string of the molecule is C.CCCNCCCCCNC(=O)OC(C)OC(=O)C(C)(C)C.CCCNCCCCCNC(=O)OC(C)OC(=O)C1CCCCC1.CCCNCCCCCNC(=O)OC(C)OC(=O)Cc1ccccc1.CCCNCCCCCNC(=O)OC(C)OC(=O)c1ccccc1. The molecule has 0 heterocycles. The van der Waals surface area contributed by atoms with Crippen molar-refractivity contribution in [2.75, 3.05) is 78.5 Å². The maximum absolute atomic E-state index is 12.0. The Kier molecular flexibility index (Phi) is 58.8. The van der Waals surface area contributed by atoms with Gasteiger partial charge in [-0.15, -0.1) is 0 Å². The van der Waals surface area contributed by atoms with Gasteiger partial charge in [-0.05, 0) is 181 Å². The average Bonchev–Trinajstić information content (AvgIpc) is 1.79. The zero-order chi connectivity index (χ0) is 70.6. The monoisotopic (exact) mass is 1360 g/mol. The second kappa shape index (κ2) is 61.8. The second-order valence-corrected chi connectivity index (χ2v) is 24.2. The van der Waals surface area contributed by atoms with Crippen LogP contribution in [0.3, 0.4) is 0 Å². The van der Waals surface area contributed by atoms with E-state index in [9.17, 15) is 38.4 Å². The Balaban J connectivity index is 0. The molecule has 2 aromatic rings. The summed E-state index contributed by atoms with van der Waals surface area (Å²) in [5.41, 5.74) is 0.669. The number of nitrogens with one attached hydrogen (secondary N) is 8. The van der Waals surface area contributed by atoms with Crippen molar-refractivity contribution >= 4 is 48.3 Å². The third-order valence-corrected chi connectivity index (χ3v) is 13.9. The number of carbonyl (C=O) groups excluding carboxylic acids is 8. The molecule has 24 heteroatoms. The normalized spacial score (nSPS) is 12.9. The van der Waals surface area contributed by atoms with E-state index in [1.165, 1.54) is 27.2 Å². The van der Waals surface area contributed by atoms with Crippen LogP contribution in [0.5, 0.6) is 0 Å². The number of carbonyl (C=O) groups is 8. The lowest BCUT2D eigenvalue weighted by molar-refractivity contribution is -0.174. The summed E-state index contributed by atoms with van der Waals surface area (Å²) in [7, 11) is 0. The lowest BCUT2D eigenvalue weighted by atomic mass is 9.89. The Bertz CT molecular complexity index is 2280. The van der Waals surface area contributed by atoms with Crippen LogP contribution in [0.4, 0.5) is 19.2 Å². The predicted octanol–water partition coefficient (Wildman–Crippen LogP) is 12.9. The smallest absolute Gasteiger partial charge is 0.410 e. The molecule has 2 aromatic carbocycles. The van der Waals surface area contributed by atoms with E-state index < -0.39 is 72.9 Å². The Hall–Kier alpha value is -6.76. The van der Waals surface area contributed by atoms with Crippen LogP contribution in [0, 0.1) is 11.3 Å². The topological polar surface area (TPSA) is 307 Å². The molecule has 8 N–H and O–H groups in total. The van der Waals surface area contributed by atoms with Crippen LogP contribution in [0.1, 0.15) is 234 Å². The molecule has 0 radical (unpaired) electrons. The minimum Gasteiger partial charge on any atom is -0.425 e. The van der Waals surface area contributed by atoms with Crippen molar-refractivity contribution in [2.45, 2.75) is 250 Å². The van der Waals surface area contributed by atoms with Crippen LogP contribution < -0.4 is 42.5 Å². The molecule has 1 saturated carbocycles. The first-order chi connectivity index (χ1) is 45.6. The van der Waals surface area contributed by atoms with Gasteiger partial charge >= 0.3 is 48.3 Å². The van der Waals surface area contributed by atoms with Gasteiger partial charge in [0.05, 0.1) is 23.3 Å². The molecule has 1 aliphatic rings. The standard InChI is InChI=1S/C19H30N2O4.C18H34N2O4.C18H28N2O4.C16H32N2O4.CH4/c1-3-12-20-13-8-5-9-14-21-19(23)25-16(2)24-18(22)15-17-10-6-4-7-11-17;2*1-3-12-19-13-8-5-9-14-20-18(22)24-15(2)23-17(21)16-10-6-4-7-11-16;1-6-10-17-11-8-7-9-12-18-15(20)22-13(2)21-14(19)16(3,4)5;/h4,6-7,10-11,16,20H,3,5,8-9,12-15H2,1-2H3,(H,21,23);15-16,19H,3-14H2,1-2H3,(H,20,22);4,6-7,10-11,15,19H,3,5,8-9,12-14H2,1-2H3,(H,20,22);13,17H,6-12H2,1-5H3,(H,18,20);1H4. The highest BCUT2D eigenvalue weighted by Gasteiger charge is 2.27. The molecule has 4 amide bonds. The fourth-order valence-corrected chi connectivity index (χ4v) is 8.75. The number of alkyl carbamates (subject to hydrolysis) is 4. The van der Waals surface area contributed by atoms with Crippen molar-refractivity contribution in [3.8, 4) is 0 Å². The lowest BCUT2D eigenvalue weighted by Crippen LogP contribution is -2.33. The summed E-state index contributed by atoms with van der Waals surface area (Å²) in [6.45, 7) is 30.5. The molecule has 4 unspecified atom stereocenters. The average molecular weight is 1360 g/mol. The van der Waals surface area contributed by atoms with Crippen molar-refractivity contribution in [3.05, 3.63) is 71.8 Å². The van der Waals surface area contributed by atoms with Gasteiger partial charge in [0.25, 0.3) is 0 Å². The first kappa shape index (κ1) is 91.3. The minimum atomic E-state index is -0.934. The van der Waals surface area contributed by atoms with Crippen LogP contribution in [0.15, 0.2) is 60.7 Å². The number of benzene rings is 2. The summed E-state index contributed by atoms with van der Waals surface area (Å²) in [5, 5.41) is 24.0. The van der Waals surface area contributed by atoms with Gasteiger partial charge in [0.1, 0.15) is 0 Å². The maximum atomic E-state index is 12.0. The number of esters is 4. The van der Waals surface area contributed by atoms with E-state index >= 15 is 0 Å². The molecule has 552 valence electrons. The molecule has 0 spiro atoms. The molecule has 24 nitrogen and oxygen atoms in total. The second-order valence-electron chi connectivity index (χ2n) is 24.2. The van der Waals surface area contributed by atoms with E-state index in [2.05, 4.69) is 70.2 Å². The zero-order valence-electron chi connectivity index (χ0n) is 59.7. The lowest BCUT2D eigenvalue weighted by Gasteiger charge is -2.22. The molecule has 0 bridgehead atoms. The van der Waals surface area contributed by atoms with Gasteiger partial charge < -0.3 is 80.4 Å². The number of ether oxygens (including phenoxy) is 8. The van der Waals surface area contributed by atoms with Crippen molar-refractivity contribution in [3.63, 3.8) is 0 Å². The summed E-state index contributed by atoms with van der Waals surface area (Å²) >= 11 is 0. The van der Waals surface area contributed by atoms with Gasteiger partial charge in [-0.3, -0.25) is 14.4 Å². The number of hydrogen-bond acceptors (Lipinski definition) is 20. The zero-order valence-corrected chi connectivity index (χ0v) is 59.7. The predicted molar refractivity (Wildman–Crippen MR) is 377 cm³/mol. The molecule has 0 aliphatic heterocycles. The van der Waals surface area contributed by atoms with Crippen LogP contribution in [0.25, 0.3) is 0 Å². The highest BCUT2D eigenvalue weighted by Crippen LogP contribution is 2.25. The molecule has 1 fully saturated rings. The van der Waals surface area contributed by atoms with Crippen molar-refractivity contribution in [1.82, 2.24) is 42.5 Å². The van der Waals surface area contributed by atoms with E-state index in [0.717, 1.165) is 186 Å². The molecule has 3 rings (SSSR count). The highest BCUT2D eigenvalue weighted by molar-refractivity contribution is 5.89. The third-order valence-electron chi connectivity index (χ3n) is 13.9. The largest absolute Gasteiger partial charge is 0.425 e. The third kappa shape index (κ3) is 56.4. The highest BCUT2D eigenvalue weighted by atomic mass is 16.7. The summed E-state index contributed by atoms with van der Waals surface area (Å²) < 4.78 is 40.4. The number of unbranched alkanes of at least 4 members (excludes halogenated alkanes) is 8. The number of hydrogen-bond donors (Lipinski definition) is 8. The van der Waals surface area contributed by atoms with Crippen molar-refractivity contribution in [1.29, 1.82) is 0 Å². The van der Waals surface area contributed by atoms with Crippen LogP contribution in [-0.4, -0.2) is 152 Å². The Morgan fingerprint density at radius 1 is 0.396 bits per heavy atom. The van der Waals surface area contributed by atoms with Gasteiger partial charge in [0, 0.05) is 53.9 Å². The van der Waals surface area contributed by atoms with Gasteiger partial charge in [-0.25, -0.2) is 24.0 Å². The van der Waals surface area contributed by atoms with Crippen molar-refractivity contribution < 1.29 is 76.3 Å². The molecule has 0 saturated heterocycles. The van der Waals surface area contributed by atoms with Crippen LogP contribution in [0.2, 0.25) is 0 Å². The molecule has 96 heavy (non-hydrogen) atoms. The summed E-state index contributed by atoms with van der Waals surface area (Å²) in [6, 6.07) is 17.9. The molecular formula is C72H128N8O16. The van der Waals surface area contributed by atoms with E-state index in [0.29, 0.717) is 31.7 Å². The van der Waals surface area contributed by atoms with Crippen LogP contribution in [-0.2, 0) is 58.7 Å².